The Labute approximate surface area is 151 Å². The van der Waals surface area contributed by atoms with E-state index in [9.17, 15) is 9.90 Å². The summed E-state index contributed by atoms with van der Waals surface area (Å²) >= 11 is 0. The number of hydrogen-bond donors (Lipinski definition) is 1. The maximum atomic E-state index is 12.8. The Kier molecular flexibility index (Phi) is 3.90. The Bertz CT molecular complexity index is 996. The third-order valence-electron chi connectivity index (χ3n) is 4.41. The zero-order valence-corrected chi connectivity index (χ0v) is 14.2. The lowest BCUT2D eigenvalue weighted by atomic mass is 9.90. The normalized spacial score (nSPS) is 19.5. The van der Waals surface area contributed by atoms with E-state index in [1.807, 2.05) is 55.5 Å². The van der Waals surface area contributed by atoms with Crippen molar-refractivity contribution in [3.63, 3.8) is 0 Å². The van der Waals surface area contributed by atoms with Gasteiger partial charge in [0, 0.05) is 11.3 Å². The van der Waals surface area contributed by atoms with Gasteiger partial charge in [0.15, 0.2) is 0 Å². The molecule has 0 aliphatic carbocycles. The molecule has 4 nitrogen and oxygen atoms in total. The van der Waals surface area contributed by atoms with Crippen LogP contribution in [0.25, 0.3) is 11.1 Å². The number of aromatic nitrogens is 1. The SMILES string of the molecule is Cc1cccc(C2=C(c3ccccc3)C(=O)O[C@]2(O)c2ccccc2)n1. The number of cyclic esters (lactones) is 1. The van der Waals surface area contributed by atoms with Crippen molar-refractivity contribution in [1.29, 1.82) is 0 Å². The first-order valence-electron chi connectivity index (χ1n) is 8.35. The average Bonchev–Trinajstić information content (AvgIpc) is 2.95. The second kappa shape index (κ2) is 6.24. The first-order valence-corrected chi connectivity index (χ1v) is 8.35. The summed E-state index contributed by atoms with van der Waals surface area (Å²) in [4.78, 5) is 17.3. The number of ether oxygens (including phenoxy) is 1. The quantitative estimate of drug-likeness (QED) is 0.737. The van der Waals surface area contributed by atoms with Gasteiger partial charge in [-0.25, -0.2) is 4.79 Å². The van der Waals surface area contributed by atoms with E-state index in [1.165, 1.54) is 0 Å². The van der Waals surface area contributed by atoms with E-state index in [0.29, 0.717) is 28.0 Å². The second-order valence-electron chi connectivity index (χ2n) is 6.18. The Balaban J connectivity index is 2.03. The number of rotatable bonds is 3. The van der Waals surface area contributed by atoms with Gasteiger partial charge < -0.3 is 9.84 Å². The van der Waals surface area contributed by atoms with Crippen molar-refractivity contribution >= 4 is 17.1 Å². The van der Waals surface area contributed by atoms with Crippen LogP contribution in [0.4, 0.5) is 0 Å². The zero-order valence-electron chi connectivity index (χ0n) is 14.2. The molecule has 0 saturated carbocycles. The highest BCUT2D eigenvalue weighted by atomic mass is 16.7. The van der Waals surface area contributed by atoms with Crippen molar-refractivity contribution in [2.45, 2.75) is 12.7 Å². The van der Waals surface area contributed by atoms with Crippen LogP contribution in [0.2, 0.25) is 0 Å². The van der Waals surface area contributed by atoms with Gasteiger partial charge in [-0.2, -0.15) is 0 Å². The van der Waals surface area contributed by atoms with E-state index in [-0.39, 0.29) is 0 Å². The fourth-order valence-corrected chi connectivity index (χ4v) is 3.23. The van der Waals surface area contributed by atoms with Crippen molar-refractivity contribution in [1.82, 2.24) is 4.98 Å². The molecule has 128 valence electrons. The molecule has 1 aliphatic heterocycles. The van der Waals surface area contributed by atoms with Crippen LogP contribution in [0.5, 0.6) is 0 Å². The van der Waals surface area contributed by atoms with Gasteiger partial charge in [0.05, 0.1) is 16.8 Å². The third kappa shape index (κ3) is 2.61. The van der Waals surface area contributed by atoms with E-state index in [0.717, 1.165) is 5.69 Å². The molecule has 0 amide bonds. The average molecular weight is 343 g/mol. The van der Waals surface area contributed by atoms with Crippen molar-refractivity contribution in [3.05, 3.63) is 101 Å². The van der Waals surface area contributed by atoms with E-state index >= 15 is 0 Å². The van der Waals surface area contributed by atoms with Crippen LogP contribution in [0.15, 0.2) is 78.9 Å². The number of aliphatic hydroxyl groups is 1. The molecule has 1 atom stereocenters. The van der Waals surface area contributed by atoms with Crippen molar-refractivity contribution < 1.29 is 14.6 Å². The van der Waals surface area contributed by atoms with Crippen molar-refractivity contribution in [2.75, 3.05) is 0 Å². The Morgan fingerprint density at radius 1 is 0.885 bits per heavy atom. The molecule has 2 aromatic carbocycles. The number of hydrogen-bond acceptors (Lipinski definition) is 4. The molecule has 0 fully saturated rings. The fraction of sp³-hybridized carbons (Fsp3) is 0.0909. The second-order valence-corrected chi connectivity index (χ2v) is 6.18. The number of carbonyl (C=O) groups excluding carboxylic acids is 1. The van der Waals surface area contributed by atoms with Crippen molar-refractivity contribution in [3.8, 4) is 0 Å². The van der Waals surface area contributed by atoms with Gasteiger partial charge in [0.2, 0.25) is 0 Å². The number of benzene rings is 2. The highest BCUT2D eigenvalue weighted by molar-refractivity contribution is 6.28. The van der Waals surface area contributed by atoms with Gasteiger partial charge in [-0.3, -0.25) is 4.98 Å². The van der Waals surface area contributed by atoms with Crippen LogP contribution in [0.1, 0.15) is 22.5 Å². The predicted molar refractivity (Wildman–Crippen MR) is 98.7 cm³/mol. The highest BCUT2D eigenvalue weighted by Crippen LogP contribution is 2.47. The molecule has 1 aromatic heterocycles. The Hall–Kier alpha value is -3.24. The number of pyridine rings is 1. The smallest absolute Gasteiger partial charge is 0.342 e. The summed E-state index contributed by atoms with van der Waals surface area (Å²) in [5, 5.41) is 11.4. The minimum atomic E-state index is -1.88. The molecule has 0 saturated heterocycles. The molecule has 0 bridgehead atoms. The van der Waals surface area contributed by atoms with E-state index in [1.54, 1.807) is 30.3 Å². The molecule has 1 aliphatic rings. The fourth-order valence-electron chi connectivity index (χ4n) is 3.23. The van der Waals surface area contributed by atoms with E-state index in [2.05, 4.69) is 4.98 Å². The van der Waals surface area contributed by atoms with Crippen LogP contribution in [-0.4, -0.2) is 16.1 Å². The van der Waals surface area contributed by atoms with Gasteiger partial charge in [0.25, 0.3) is 5.79 Å². The predicted octanol–water partition coefficient (Wildman–Crippen LogP) is 3.70. The monoisotopic (exact) mass is 343 g/mol. The molecule has 2 heterocycles. The Morgan fingerprint density at radius 3 is 2.19 bits per heavy atom. The third-order valence-corrected chi connectivity index (χ3v) is 4.41. The molecule has 0 spiro atoms. The van der Waals surface area contributed by atoms with Crippen LogP contribution in [-0.2, 0) is 15.3 Å². The topological polar surface area (TPSA) is 59.4 Å². The van der Waals surface area contributed by atoms with E-state index < -0.39 is 11.8 Å². The summed E-state index contributed by atoms with van der Waals surface area (Å²) in [7, 11) is 0. The van der Waals surface area contributed by atoms with Crippen LogP contribution in [0, 0.1) is 6.92 Å². The molecular weight excluding hydrogens is 326 g/mol. The number of nitrogens with zero attached hydrogens (tertiary/aromatic N) is 1. The van der Waals surface area contributed by atoms with Gasteiger partial charge in [-0.15, -0.1) is 0 Å². The van der Waals surface area contributed by atoms with Crippen molar-refractivity contribution in [2.24, 2.45) is 0 Å². The first-order chi connectivity index (χ1) is 12.6. The van der Waals surface area contributed by atoms with Gasteiger partial charge in [0.1, 0.15) is 0 Å². The number of aryl methyl sites for hydroxylation is 1. The summed E-state index contributed by atoms with van der Waals surface area (Å²) < 4.78 is 5.51. The van der Waals surface area contributed by atoms with Gasteiger partial charge >= 0.3 is 5.97 Å². The maximum absolute atomic E-state index is 12.8. The highest BCUT2D eigenvalue weighted by Gasteiger charge is 2.49. The maximum Gasteiger partial charge on any atom is 0.342 e. The lowest BCUT2D eigenvalue weighted by Gasteiger charge is -2.25. The molecule has 4 heteroatoms. The first kappa shape index (κ1) is 16.2. The van der Waals surface area contributed by atoms with E-state index in [4.69, 9.17) is 4.74 Å². The molecular formula is C22H17NO3. The number of esters is 1. The molecule has 4 rings (SSSR count). The zero-order chi connectivity index (χ0) is 18.1. The Morgan fingerprint density at radius 2 is 1.54 bits per heavy atom. The number of carbonyl (C=O) groups is 1. The van der Waals surface area contributed by atoms with Gasteiger partial charge in [-0.05, 0) is 24.6 Å². The standard InChI is InChI=1S/C22H17NO3/c1-15-9-8-14-18(23-15)20-19(16-10-4-2-5-11-16)21(24)26-22(20,25)17-12-6-3-7-13-17/h2-14,25H,1H3/t22-/m1/s1. The van der Waals surface area contributed by atoms with Crippen LogP contribution >= 0.6 is 0 Å². The lowest BCUT2D eigenvalue weighted by Crippen LogP contribution is -2.28. The minimum Gasteiger partial charge on any atom is -0.420 e. The lowest BCUT2D eigenvalue weighted by molar-refractivity contribution is -0.178. The van der Waals surface area contributed by atoms with Crippen LogP contribution in [0.3, 0.4) is 0 Å². The summed E-state index contributed by atoms with van der Waals surface area (Å²) in [6.45, 7) is 1.87. The summed E-state index contributed by atoms with van der Waals surface area (Å²) in [5.41, 5.74) is 3.16. The minimum absolute atomic E-state index is 0.329. The molecule has 26 heavy (non-hydrogen) atoms. The molecule has 1 N–H and O–H groups in total. The van der Waals surface area contributed by atoms with Gasteiger partial charge in [-0.1, -0.05) is 66.7 Å². The van der Waals surface area contributed by atoms with Crippen LogP contribution < -0.4 is 0 Å². The summed E-state index contributed by atoms with van der Waals surface area (Å²) in [6.07, 6.45) is 0. The largest absolute Gasteiger partial charge is 0.420 e. The molecule has 0 unspecified atom stereocenters. The molecule has 0 radical (unpaired) electrons. The molecule has 3 aromatic rings. The summed E-state index contributed by atoms with van der Waals surface area (Å²) in [5.74, 6) is -2.45. The summed E-state index contributed by atoms with van der Waals surface area (Å²) in [6, 6.07) is 23.6.